The van der Waals surface area contributed by atoms with E-state index in [0.29, 0.717) is 39.3 Å². The van der Waals surface area contributed by atoms with Crippen LogP contribution in [-0.4, -0.2) is 42.8 Å². The zero-order chi connectivity index (χ0) is 44.6. The Labute approximate surface area is 378 Å². The van der Waals surface area contributed by atoms with Crippen molar-refractivity contribution in [1.29, 1.82) is 5.26 Å². The molecule has 0 atom stereocenters. The van der Waals surface area contributed by atoms with Gasteiger partial charge in [0.05, 0.1) is 33.0 Å². The van der Waals surface area contributed by atoms with Crippen molar-refractivity contribution in [2.24, 2.45) is 0 Å². The van der Waals surface area contributed by atoms with Crippen LogP contribution in [0.25, 0.3) is 5.41 Å². The summed E-state index contributed by atoms with van der Waals surface area (Å²) >= 11 is 0. The normalized spacial score (nSPS) is 11.0. The number of carbonyl (C=O) groups is 1. The molecule has 0 saturated carbocycles. The van der Waals surface area contributed by atoms with Gasteiger partial charge in [-0.2, -0.15) is 5.26 Å². The molecule has 0 unspecified atom stereocenters. The summed E-state index contributed by atoms with van der Waals surface area (Å²) in [5.74, 6) is 3.00. The highest BCUT2D eigenvalue weighted by Crippen LogP contribution is 2.40. The molecule has 0 bridgehead atoms. The monoisotopic (exact) mass is 861 g/mol. The number of benzene rings is 1. The highest BCUT2D eigenvalue weighted by Gasteiger charge is 2.18. The third kappa shape index (κ3) is 27.3. The van der Waals surface area contributed by atoms with E-state index in [1.165, 1.54) is 173 Å². The van der Waals surface area contributed by atoms with Gasteiger partial charge in [0.25, 0.3) is 0 Å². The maximum Gasteiger partial charge on any atom is 0.355 e. The Hall–Kier alpha value is -3.76. The fourth-order valence-electron chi connectivity index (χ4n) is 7.86. The summed E-state index contributed by atoms with van der Waals surface area (Å²) in [5.41, 5.74) is 0.554. The van der Waals surface area contributed by atoms with Crippen molar-refractivity contribution in [2.45, 2.75) is 233 Å². The summed E-state index contributed by atoms with van der Waals surface area (Å²) < 4.78 is 29.1. The average Bonchev–Trinajstić information content (AvgIpc) is 3.73. The number of nitrogens with zero attached hydrogens (tertiary/aromatic N) is 4. The molecule has 2 rings (SSSR count). The molecule has 350 valence electrons. The molecule has 2 aromatic rings. The Kier molecular flexibility index (Phi) is 34.1. The molecule has 0 radical (unpaired) electrons. The average molecular weight is 861 g/mol. The second-order valence-corrected chi connectivity index (χ2v) is 17.4. The number of nitriles is 1. The van der Waals surface area contributed by atoms with Gasteiger partial charge in [-0.25, -0.2) is 19.8 Å². The third-order valence-electron chi connectivity index (χ3n) is 11.7. The maximum absolute atomic E-state index is 11.9. The van der Waals surface area contributed by atoms with Crippen LogP contribution in [0.1, 0.15) is 225 Å². The van der Waals surface area contributed by atoms with Gasteiger partial charge in [0.2, 0.25) is 12.1 Å². The van der Waals surface area contributed by atoms with E-state index in [-0.39, 0.29) is 6.61 Å². The quantitative estimate of drug-likeness (QED) is 0.0164. The predicted octanol–water partition coefficient (Wildman–Crippen LogP) is 14.3. The van der Waals surface area contributed by atoms with E-state index in [2.05, 4.69) is 37.5 Å². The molecule has 62 heavy (non-hydrogen) atoms. The summed E-state index contributed by atoms with van der Waals surface area (Å²) in [6, 6.07) is 5.86. The van der Waals surface area contributed by atoms with Gasteiger partial charge in [0, 0.05) is 12.0 Å². The first-order valence-electron chi connectivity index (χ1n) is 25.5. The summed E-state index contributed by atoms with van der Waals surface area (Å²) in [6.45, 7) is 10.2. The van der Waals surface area contributed by atoms with Gasteiger partial charge in [-0.3, -0.25) is 0 Å². The molecule has 1 aromatic heterocycles. The molecule has 0 fully saturated rings. The van der Waals surface area contributed by atoms with E-state index in [4.69, 9.17) is 29.6 Å². The Morgan fingerprint density at radius 1 is 0.581 bits per heavy atom. The van der Waals surface area contributed by atoms with Crippen LogP contribution in [0.4, 0.5) is 0 Å². The number of ether oxygens (including phenoxy) is 4. The predicted molar refractivity (Wildman–Crippen MR) is 255 cm³/mol. The molecule has 0 aliphatic rings. The minimum absolute atomic E-state index is 0.129. The van der Waals surface area contributed by atoms with Crippen LogP contribution in [0.3, 0.4) is 0 Å². The van der Waals surface area contributed by atoms with Crippen LogP contribution in [0.15, 0.2) is 36.4 Å². The van der Waals surface area contributed by atoms with Crippen molar-refractivity contribution in [3.8, 4) is 23.3 Å². The molecule has 0 spiro atoms. The topological polar surface area (TPSA) is 109 Å². The smallest absolute Gasteiger partial charge is 0.355 e. The number of imidazole rings is 1. The summed E-state index contributed by atoms with van der Waals surface area (Å²) in [6.07, 6.45) is 45.1. The third-order valence-corrected chi connectivity index (χ3v) is 11.7. The minimum atomic E-state index is -0.870. The molecule has 0 N–H and O–H groups in total. The summed E-state index contributed by atoms with van der Waals surface area (Å²) in [5, 5.41) is 17.8. The van der Waals surface area contributed by atoms with Crippen molar-refractivity contribution in [2.75, 3.05) is 26.4 Å². The molecular weight excluding hydrogens is 773 g/mol. The molecule has 1 aromatic carbocycles. The number of carbonyl (C=O) groups excluding carboxylic acids is 1. The lowest BCUT2D eigenvalue weighted by atomic mass is 10.1. The number of unbranched alkanes of at least 4 members (excludes halogenated alkanes) is 27. The van der Waals surface area contributed by atoms with Gasteiger partial charge in [0.15, 0.2) is 17.1 Å². The fourth-order valence-corrected chi connectivity index (χ4v) is 7.86. The van der Waals surface area contributed by atoms with Crippen molar-refractivity contribution in [3.05, 3.63) is 47.4 Å². The number of aryl methyl sites for hydroxylation is 1. The summed E-state index contributed by atoms with van der Waals surface area (Å²) in [7, 11) is 0. The lowest BCUT2D eigenvalue weighted by Crippen LogP contribution is -2.31. The van der Waals surface area contributed by atoms with Gasteiger partial charge >= 0.3 is 5.97 Å². The van der Waals surface area contributed by atoms with Crippen LogP contribution < -0.4 is 18.8 Å². The van der Waals surface area contributed by atoms with Crippen molar-refractivity contribution >= 4 is 11.8 Å². The van der Waals surface area contributed by atoms with Crippen LogP contribution in [0, 0.1) is 11.3 Å². The lowest BCUT2D eigenvalue weighted by Gasteiger charge is -2.19. The highest BCUT2D eigenvalue weighted by molar-refractivity contribution is 6.02. The summed E-state index contributed by atoms with van der Waals surface area (Å²) in [4.78, 5) is 11.9. The van der Waals surface area contributed by atoms with Crippen molar-refractivity contribution in [1.82, 2.24) is 4.57 Å². The number of hydrogen-bond acceptors (Lipinski definition) is 6. The Bertz CT molecular complexity index is 1450. The van der Waals surface area contributed by atoms with Crippen LogP contribution in [0.2, 0.25) is 0 Å². The van der Waals surface area contributed by atoms with Crippen LogP contribution in [0.5, 0.6) is 17.2 Å². The number of aromatic nitrogens is 2. The van der Waals surface area contributed by atoms with Crippen molar-refractivity contribution in [3.63, 3.8) is 0 Å². The molecule has 0 saturated heterocycles. The van der Waals surface area contributed by atoms with E-state index in [0.717, 1.165) is 42.1 Å². The van der Waals surface area contributed by atoms with E-state index in [1.807, 2.05) is 23.3 Å². The number of hydrogen-bond donors (Lipinski definition) is 0. The second kappa shape index (κ2) is 38.9. The molecule has 0 aliphatic heterocycles. The lowest BCUT2D eigenvalue weighted by molar-refractivity contribution is -0.687. The first-order valence-corrected chi connectivity index (χ1v) is 25.5. The van der Waals surface area contributed by atoms with Gasteiger partial charge in [-0.1, -0.05) is 194 Å². The van der Waals surface area contributed by atoms with Gasteiger partial charge < -0.3 is 24.4 Å². The Morgan fingerprint density at radius 3 is 1.39 bits per heavy atom. The van der Waals surface area contributed by atoms with Crippen molar-refractivity contribution < 1.29 is 28.3 Å². The van der Waals surface area contributed by atoms with E-state index >= 15 is 0 Å². The minimum Gasteiger partial charge on any atom is -0.762 e. The zero-order valence-corrected chi connectivity index (χ0v) is 39.9. The van der Waals surface area contributed by atoms with Gasteiger partial charge in [0.1, 0.15) is 25.0 Å². The largest absolute Gasteiger partial charge is 0.762 e. The Balaban J connectivity index is 2.10. The Morgan fingerprint density at radius 2 is 0.984 bits per heavy atom. The highest BCUT2D eigenvalue weighted by atomic mass is 16.5. The molecular formula is C53H88N4O5. The molecule has 1 heterocycles. The van der Waals surface area contributed by atoms with Crippen LogP contribution in [-0.2, 0) is 22.6 Å². The SMILES string of the molecule is CCCCCCCCCCCCOc1cc(C[n+]2ccn(CCCOC(=O)C(=C=[N-])C#N)c2)cc(OCCCCCCCCCCCC)c1OCCCCCCCCCCCC. The molecule has 0 amide bonds. The maximum atomic E-state index is 11.9. The standard InChI is InChI=1S/C53H88N4O5/c1-4-7-10-13-16-19-22-25-28-31-38-59-50-42-48(46-57-37-36-56(47-57)35-34-41-62-53(58)49(44-54)45-55)43-51(60-39-32-29-26-23-20-17-14-11-8-5-2)52(50)61-40-33-30-27-24-21-18-15-12-9-6-3/h36-37,42-43,47H,4-35,38-41,46H2,1-3H3. The first kappa shape index (κ1) is 54.4. The van der Waals surface area contributed by atoms with Crippen LogP contribution >= 0.6 is 0 Å². The fraction of sp³-hybridized carbons (Fsp3) is 0.755. The number of rotatable bonds is 43. The number of esters is 1. The molecule has 0 aliphatic carbocycles. The van der Waals surface area contributed by atoms with E-state index in [9.17, 15) is 4.79 Å². The van der Waals surface area contributed by atoms with Gasteiger partial charge in [-0.15, -0.1) is 0 Å². The second-order valence-electron chi connectivity index (χ2n) is 17.4. The molecule has 9 nitrogen and oxygen atoms in total. The first-order chi connectivity index (χ1) is 30.6. The molecule has 9 heteroatoms. The van der Waals surface area contributed by atoms with E-state index < -0.39 is 11.5 Å². The zero-order valence-electron chi connectivity index (χ0n) is 39.9. The van der Waals surface area contributed by atoms with Gasteiger partial charge in [-0.05, 0) is 31.4 Å². The van der Waals surface area contributed by atoms with E-state index in [1.54, 1.807) is 11.9 Å².